The number of anilines is 2. The number of hydrogen-bond acceptors (Lipinski definition) is 7. The summed E-state index contributed by atoms with van der Waals surface area (Å²) in [6, 6.07) is 17.7. The van der Waals surface area contributed by atoms with Crippen molar-refractivity contribution >= 4 is 50.3 Å². The van der Waals surface area contributed by atoms with E-state index in [0.717, 1.165) is 4.90 Å². The Hall–Kier alpha value is -4.66. The average molecular weight is 755 g/mol. The van der Waals surface area contributed by atoms with Crippen molar-refractivity contribution in [3.63, 3.8) is 0 Å². The van der Waals surface area contributed by atoms with E-state index < -0.39 is 39.9 Å². The average Bonchev–Trinajstić information content (AvgIpc) is 3.48. The highest BCUT2D eigenvalue weighted by Crippen LogP contribution is 2.38. The van der Waals surface area contributed by atoms with Gasteiger partial charge in [0.25, 0.3) is 10.0 Å². The summed E-state index contributed by atoms with van der Waals surface area (Å²) in [7, 11) is -3.96. The standard InChI is InChI=1S/C37H38ClF3N6O4S/c1-36(2,3)47(35(48)49)26-18-16-23(17-19-26)33(37(39,40)41)43-24-10-9-11-25(20-24)44-34-42-21-30(38)32(45-34)29-22-46(31-15-8-7-14-28(29)31)52(50,51)27-12-5-4-6-13-27/h4-8,12-19,21-22,24-25,33,43H,9-11,20H2,1-3H3,(H,48,49)(H,42,44,45)/t24-,25+,33+/m0/s1. The van der Waals surface area contributed by atoms with Crippen LogP contribution < -0.4 is 15.5 Å². The molecule has 3 aromatic carbocycles. The quantitative estimate of drug-likeness (QED) is 0.136. The summed E-state index contributed by atoms with van der Waals surface area (Å²) in [5, 5.41) is 16.6. The highest BCUT2D eigenvalue weighted by molar-refractivity contribution is 7.90. The molecule has 2 heterocycles. The van der Waals surface area contributed by atoms with Crippen LogP contribution in [-0.2, 0) is 10.0 Å². The molecule has 6 rings (SSSR count). The molecule has 15 heteroatoms. The summed E-state index contributed by atoms with van der Waals surface area (Å²) in [6.07, 6.45) is -0.750. The number of rotatable bonds is 9. The van der Waals surface area contributed by atoms with Crippen molar-refractivity contribution in [2.45, 2.75) is 81.2 Å². The van der Waals surface area contributed by atoms with Crippen molar-refractivity contribution in [3.8, 4) is 11.3 Å². The minimum atomic E-state index is -4.61. The Balaban J connectivity index is 1.22. The lowest BCUT2D eigenvalue weighted by atomic mass is 9.90. The summed E-state index contributed by atoms with van der Waals surface area (Å²) >= 11 is 6.60. The van der Waals surface area contributed by atoms with Gasteiger partial charge in [-0.2, -0.15) is 13.2 Å². The zero-order chi connectivity index (χ0) is 37.4. The lowest BCUT2D eigenvalue weighted by molar-refractivity contribution is -0.160. The smallest absolute Gasteiger partial charge is 0.412 e. The van der Waals surface area contributed by atoms with E-state index in [1.54, 1.807) is 63.2 Å². The summed E-state index contributed by atoms with van der Waals surface area (Å²) in [5.41, 5.74) is 0.670. The monoisotopic (exact) mass is 754 g/mol. The van der Waals surface area contributed by atoms with Crippen molar-refractivity contribution in [1.29, 1.82) is 0 Å². The second kappa shape index (κ2) is 14.4. The third-order valence-corrected chi connectivity index (χ3v) is 11.0. The van der Waals surface area contributed by atoms with Crippen LogP contribution in [-0.4, -0.2) is 57.4 Å². The molecule has 5 aromatic rings. The molecule has 274 valence electrons. The number of para-hydroxylation sites is 1. The van der Waals surface area contributed by atoms with E-state index >= 15 is 0 Å². The molecule has 0 radical (unpaired) electrons. The van der Waals surface area contributed by atoms with E-state index in [4.69, 9.17) is 11.6 Å². The van der Waals surface area contributed by atoms with Crippen molar-refractivity contribution in [1.82, 2.24) is 19.3 Å². The highest BCUT2D eigenvalue weighted by atomic mass is 35.5. The first kappa shape index (κ1) is 37.1. The number of alkyl halides is 3. The van der Waals surface area contributed by atoms with E-state index in [-0.39, 0.29) is 33.2 Å². The van der Waals surface area contributed by atoms with E-state index in [2.05, 4.69) is 20.6 Å². The second-order valence-electron chi connectivity index (χ2n) is 13.8. The maximum absolute atomic E-state index is 14.5. The van der Waals surface area contributed by atoms with Crippen molar-refractivity contribution in [3.05, 3.63) is 102 Å². The third kappa shape index (κ3) is 7.74. The predicted molar refractivity (Wildman–Crippen MR) is 195 cm³/mol. The number of benzene rings is 3. The van der Waals surface area contributed by atoms with E-state index in [1.807, 2.05) is 0 Å². The number of amides is 1. The van der Waals surface area contributed by atoms with Gasteiger partial charge < -0.3 is 10.4 Å². The molecule has 0 aliphatic heterocycles. The zero-order valence-corrected chi connectivity index (χ0v) is 30.2. The molecule has 0 saturated heterocycles. The van der Waals surface area contributed by atoms with E-state index in [1.165, 1.54) is 52.8 Å². The summed E-state index contributed by atoms with van der Waals surface area (Å²) < 4.78 is 71.9. The first-order valence-corrected chi connectivity index (χ1v) is 18.5. The molecule has 10 nitrogen and oxygen atoms in total. The molecule has 52 heavy (non-hydrogen) atoms. The fourth-order valence-corrected chi connectivity index (χ4v) is 8.32. The van der Waals surface area contributed by atoms with Gasteiger partial charge in [-0.25, -0.2) is 27.2 Å². The number of halogens is 4. The van der Waals surface area contributed by atoms with Gasteiger partial charge in [0.15, 0.2) is 0 Å². The van der Waals surface area contributed by atoms with Gasteiger partial charge in [-0.15, -0.1) is 0 Å². The van der Waals surface area contributed by atoms with Crippen LogP contribution in [0.4, 0.5) is 29.6 Å². The molecule has 0 spiro atoms. The first-order chi connectivity index (χ1) is 24.5. The van der Waals surface area contributed by atoms with Gasteiger partial charge in [-0.1, -0.05) is 60.1 Å². The minimum Gasteiger partial charge on any atom is -0.465 e. The summed E-state index contributed by atoms with van der Waals surface area (Å²) in [6.45, 7) is 5.12. The van der Waals surface area contributed by atoms with Crippen LogP contribution >= 0.6 is 11.6 Å². The molecule has 3 N–H and O–H groups in total. The van der Waals surface area contributed by atoms with Crippen LogP contribution in [0.2, 0.25) is 5.02 Å². The molecule has 1 saturated carbocycles. The Labute approximate surface area is 304 Å². The summed E-state index contributed by atoms with van der Waals surface area (Å²) in [5.74, 6) is 0.206. The van der Waals surface area contributed by atoms with Gasteiger partial charge >= 0.3 is 12.3 Å². The molecule has 0 bridgehead atoms. The molecular weight excluding hydrogens is 717 g/mol. The number of fused-ring (bicyclic) bond motifs is 1. The van der Waals surface area contributed by atoms with Crippen molar-refractivity contribution in [2.75, 3.05) is 10.2 Å². The van der Waals surface area contributed by atoms with E-state index in [9.17, 15) is 31.5 Å². The molecule has 3 atom stereocenters. The number of aromatic nitrogens is 3. The molecule has 2 aromatic heterocycles. The van der Waals surface area contributed by atoms with Crippen LogP contribution in [0.15, 0.2) is 96.2 Å². The maximum Gasteiger partial charge on any atom is 0.412 e. The Morgan fingerprint density at radius 3 is 2.29 bits per heavy atom. The SMILES string of the molecule is CC(C)(C)N(C(=O)O)c1ccc([C@@H](N[C@H]2CCC[C@@H](Nc3ncc(Cl)c(-c4cn(S(=O)(=O)c5ccccc5)c5ccccc45)n3)C2)C(F)(F)F)cc1. The Bertz CT molecular complexity index is 2170. The number of hydrogen-bond donors (Lipinski definition) is 3. The zero-order valence-electron chi connectivity index (χ0n) is 28.6. The van der Waals surface area contributed by atoms with Crippen LogP contribution in [0.3, 0.4) is 0 Å². The molecule has 1 aliphatic carbocycles. The minimum absolute atomic E-state index is 0.0234. The Kier molecular flexibility index (Phi) is 10.3. The topological polar surface area (TPSA) is 129 Å². The fraction of sp³-hybridized carbons (Fsp3) is 0.324. The van der Waals surface area contributed by atoms with Crippen LogP contribution in [0.5, 0.6) is 0 Å². The van der Waals surface area contributed by atoms with Gasteiger partial charge in [0.1, 0.15) is 6.04 Å². The highest BCUT2D eigenvalue weighted by Gasteiger charge is 2.42. The van der Waals surface area contributed by atoms with Gasteiger partial charge in [-0.05, 0) is 82.3 Å². The maximum atomic E-state index is 14.5. The number of nitrogens with zero attached hydrogens (tertiary/aromatic N) is 4. The fourth-order valence-electron chi connectivity index (χ4n) is 6.74. The Morgan fingerprint density at radius 2 is 1.63 bits per heavy atom. The van der Waals surface area contributed by atoms with Crippen LogP contribution in [0.25, 0.3) is 22.2 Å². The van der Waals surface area contributed by atoms with Crippen LogP contribution in [0.1, 0.15) is 58.1 Å². The van der Waals surface area contributed by atoms with Crippen LogP contribution in [0, 0.1) is 0 Å². The van der Waals surface area contributed by atoms with Gasteiger partial charge in [0.05, 0.1) is 27.3 Å². The number of carboxylic acid groups (broad SMARTS) is 1. The largest absolute Gasteiger partial charge is 0.465 e. The lowest BCUT2D eigenvalue weighted by Crippen LogP contribution is -2.45. The van der Waals surface area contributed by atoms with Gasteiger partial charge in [0, 0.05) is 40.5 Å². The summed E-state index contributed by atoms with van der Waals surface area (Å²) in [4.78, 5) is 22.1. The molecule has 1 amide bonds. The number of carbonyl (C=O) groups is 1. The molecule has 1 fully saturated rings. The molecule has 1 aliphatic rings. The van der Waals surface area contributed by atoms with E-state index in [0.29, 0.717) is 47.8 Å². The third-order valence-electron chi connectivity index (χ3n) is 9.06. The van der Waals surface area contributed by atoms with Gasteiger partial charge in [-0.3, -0.25) is 10.2 Å². The lowest BCUT2D eigenvalue weighted by Gasteiger charge is -2.35. The molecule has 0 unspecified atom stereocenters. The second-order valence-corrected chi connectivity index (χ2v) is 16.0. The van der Waals surface area contributed by atoms with Crippen molar-refractivity contribution in [2.24, 2.45) is 0 Å². The Morgan fingerprint density at radius 1 is 0.981 bits per heavy atom. The first-order valence-electron chi connectivity index (χ1n) is 16.7. The number of nitrogens with one attached hydrogen (secondary N) is 2. The van der Waals surface area contributed by atoms with Crippen molar-refractivity contribution < 1.29 is 31.5 Å². The van der Waals surface area contributed by atoms with Gasteiger partial charge in [0.2, 0.25) is 5.95 Å². The predicted octanol–water partition coefficient (Wildman–Crippen LogP) is 8.89. The molecular formula is C37H38ClF3N6O4S. The normalized spacial score (nSPS) is 17.5.